The third-order valence-corrected chi connectivity index (χ3v) is 7.48. The maximum absolute atomic E-state index is 11.9. The maximum atomic E-state index is 11.9. The number of hydrogen-bond donors (Lipinski definition) is 0. The highest BCUT2D eigenvalue weighted by Crippen LogP contribution is 2.13. The number of esters is 1. The molecule has 0 aliphatic heterocycles. The van der Waals surface area contributed by atoms with E-state index >= 15 is 0 Å². The molecule has 264 valence electrons. The maximum Gasteiger partial charge on any atom is 0.305 e. The molecule has 8 heteroatoms. The molecule has 0 saturated carbocycles. The van der Waals surface area contributed by atoms with E-state index < -0.39 is 0 Å². The van der Waals surface area contributed by atoms with Crippen LogP contribution < -0.4 is 0 Å². The Morgan fingerprint density at radius 2 is 0.591 bits per heavy atom. The average Bonchev–Trinajstić information content (AvgIpc) is 3.03. The van der Waals surface area contributed by atoms with Crippen LogP contribution >= 0.6 is 0 Å². The van der Waals surface area contributed by atoms with Gasteiger partial charge in [-0.2, -0.15) is 0 Å². The van der Waals surface area contributed by atoms with Gasteiger partial charge in [-0.25, -0.2) is 0 Å². The van der Waals surface area contributed by atoms with Crippen LogP contribution in [0.3, 0.4) is 0 Å². The van der Waals surface area contributed by atoms with Gasteiger partial charge in [0.05, 0.1) is 72.7 Å². The lowest BCUT2D eigenvalue weighted by Gasteiger charge is -2.08. The summed E-state index contributed by atoms with van der Waals surface area (Å²) in [5, 5.41) is 0. The van der Waals surface area contributed by atoms with Crippen molar-refractivity contribution in [3.8, 4) is 0 Å². The van der Waals surface area contributed by atoms with Crippen molar-refractivity contribution in [3.63, 3.8) is 0 Å². The molecular formula is C36H72O8. The van der Waals surface area contributed by atoms with Crippen molar-refractivity contribution in [2.75, 3.05) is 85.9 Å². The monoisotopic (exact) mass is 633 g/mol. The first kappa shape index (κ1) is 43.2. The molecule has 0 amide bonds. The quantitative estimate of drug-likeness (QED) is 0.0493. The van der Waals surface area contributed by atoms with Gasteiger partial charge >= 0.3 is 5.97 Å². The molecule has 0 saturated heterocycles. The summed E-state index contributed by atoms with van der Waals surface area (Å²) in [5.74, 6) is -0.119. The Labute approximate surface area is 271 Å². The first-order chi connectivity index (χ1) is 21.8. The summed E-state index contributed by atoms with van der Waals surface area (Å²) in [4.78, 5) is 11.9. The van der Waals surface area contributed by atoms with Crippen LogP contribution in [0.15, 0.2) is 0 Å². The predicted octanol–water partition coefficient (Wildman–Crippen LogP) is 8.47. The molecule has 0 aromatic carbocycles. The fourth-order valence-electron chi connectivity index (χ4n) is 4.76. The molecular weight excluding hydrogens is 560 g/mol. The minimum atomic E-state index is -0.119. The van der Waals surface area contributed by atoms with Crippen LogP contribution in [-0.2, 0) is 38.0 Å². The van der Waals surface area contributed by atoms with Gasteiger partial charge in [0.2, 0.25) is 0 Å². The molecule has 0 aliphatic carbocycles. The topological polar surface area (TPSA) is 81.7 Å². The van der Waals surface area contributed by atoms with E-state index in [0.29, 0.717) is 85.7 Å². The van der Waals surface area contributed by atoms with Gasteiger partial charge in [-0.1, -0.05) is 123 Å². The fourth-order valence-corrected chi connectivity index (χ4v) is 4.76. The Morgan fingerprint density at radius 3 is 0.955 bits per heavy atom. The number of rotatable bonds is 39. The van der Waals surface area contributed by atoms with Gasteiger partial charge in [-0.05, 0) is 12.8 Å². The van der Waals surface area contributed by atoms with Gasteiger partial charge in [0.25, 0.3) is 0 Å². The molecule has 8 nitrogen and oxygen atoms in total. The third-order valence-electron chi connectivity index (χ3n) is 7.48. The number of hydrogen-bond acceptors (Lipinski definition) is 8. The van der Waals surface area contributed by atoms with Crippen LogP contribution in [0.2, 0.25) is 0 Å². The van der Waals surface area contributed by atoms with Crippen LogP contribution in [0.4, 0.5) is 0 Å². The molecule has 0 aromatic rings. The van der Waals surface area contributed by atoms with Gasteiger partial charge in [0.15, 0.2) is 0 Å². The Balaban J connectivity index is 3.13. The van der Waals surface area contributed by atoms with E-state index in [0.717, 1.165) is 25.9 Å². The summed E-state index contributed by atoms with van der Waals surface area (Å²) in [6.45, 7) is 11.5. The summed E-state index contributed by atoms with van der Waals surface area (Å²) in [5.41, 5.74) is 0. The summed E-state index contributed by atoms with van der Waals surface area (Å²) in [7, 11) is 0. The standard InChI is InChI=1S/C36H72O8/c1-3-5-7-9-10-11-12-13-14-15-16-17-18-19-20-22-36(37)44-35-34-43-33-32-42-31-30-41-29-28-40-27-26-39-25-24-38-23-21-8-6-4-2/h3-35H2,1-2H3. The fraction of sp³-hybridized carbons (Fsp3) is 0.972. The molecule has 0 aliphatic rings. The van der Waals surface area contributed by atoms with Gasteiger partial charge in [-0.3, -0.25) is 4.79 Å². The summed E-state index contributed by atoms with van der Waals surface area (Å²) in [6.07, 6.45) is 25.3. The SMILES string of the molecule is CCCCCCCCCCCCCCCCCC(=O)OCCOCCOCCOCCOCCOCCOCCCCCC. The van der Waals surface area contributed by atoms with E-state index in [4.69, 9.17) is 33.2 Å². The van der Waals surface area contributed by atoms with E-state index in [1.807, 2.05) is 0 Å². The van der Waals surface area contributed by atoms with Gasteiger partial charge in [0, 0.05) is 13.0 Å². The minimum absolute atomic E-state index is 0.119. The van der Waals surface area contributed by atoms with Crippen LogP contribution in [0.5, 0.6) is 0 Å². The largest absolute Gasteiger partial charge is 0.463 e. The molecule has 0 N–H and O–H groups in total. The number of carbonyl (C=O) groups excluding carboxylic acids is 1. The Hall–Kier alpha value is -0.770. The van der Waals surface area contributed by atoms with E-state index in [1.165, 1.54) is 103 Å². The second-order valence-electron chi connectivity index (χ2n) is 11.7. The number of ether oxygens (including phenoxy) is 7. The van der Waals surface area contributed by atoms with E-state index in [1.54, 1.807) is 0 Å². The first-order valence-corrected chi connectivity index (χ1v) is 18.4. The van der Waals surface area contributed by atoms with Crippen molar-refractivity contribution in [3.05, 3.63) is 0 Å². The zero-order valence-corrected chi connectivity index (χ0v) is 29.1. The summed E-state index contributed by atoms with van der Waals surface area (Å²) < 4.78 is 38.2. The highest BCUT2D eigenvalue weighted by atomic mass is 16.6. The Kier molecular flexibility index (Phi) is 39.5. The zero-order chi connectivity index (χ0) is 31.9. The van der Waals surface area contributed by atoms with E-state index in [9.17, 15) is 4.79 Å². The molecule has 0 aromatic heterocycles. The summed E-state index contributed by atoms with van der Waals surface area (Å²) in [6, 6.07) is 0. The van der Waals surface area contributed by atoms with E-state index in [2.05, 4.69) is 13.8 Å². The lowest BCUT2D eigenvalue weighted by molar-refractivity contribution is -0.145. The van der Waals surface area contributed by atoms with Crippen LogP contribution in [0.25, 0.3) is 0 Å². The Morgan fingerprint density at radius 1 is 0.318 bits per heavy atom. The van der Waals surface area contributed by atoms with Gasteiger partial charge < -0.3 is 33.2 Å². The minimum Gasteiger partial charge on any atom is -0.463 e. The second kappa shape index (κ2) is 40.3. The van der Waals surface area contributed by atoms with E-state index in [-0.39, 0.29) is 5.97 Å². The molecule has 0 unspecified atom stereocenters. The van der Waals surface area contributed by atoms with Crippen molar-refractivity contribution in [1.82, 2.24) is 0 Å². The van der Waals surface area contributed by atoms with Crippen molar-refractivity contribution in [1.29, 1.82) is 0 Å². The predicted molar refractivity (Wildman–Crippen MR) is 180 cm³/mol. The van der Waals surface area contributed by atoms with Crippen LogP contribution in [0, 0.1) is 0 Å². The molecule has 0 bridgehead atoms. The molecule has 0 fully saturated rings. The smallest absolute Gasteiger partial charge is 0.305 e. The van der Waals surface area contributed by atoms with Crippen molar-refractivity contribution >= 4 is 5.97 Å². The van der Waals surface area contributed by atoms with Gasteiger partial charge in [0.1, 0.15) is 6.61 Å². The van der Waals surface area contributed by atoms with Gasteiger partial charge in [-0.15, -0.1) is 0 Å². The number of carbonyl (C=O) groups is 1. The molecule has 0 atom stereocenters. The normalized spacial score (nSPS) is 11.4. The number of unbranched alkanes of at least 4 members (excludes halogenated alkanes) is 17. The molecule has 0 spiro atoms. The lowest BCUT2D eigenvalue weighted by atomic mass is 10.0. The summed E-state index contributed by atoms with van der Waals surface area (Å²) >= 11 is 0. The highest BCUT2D eigenvalue weighted by Gasteiger charge is 2.03. The van der Waals surface area contributed by atoms with Crippen molar-refractivity contribution in [2.24, 2.45) is 0 Å². The molecule has 0 radical (unpaired) electrons. The lowest BCUT2D eigenvalue weighted by Crippen LogP contribution is -2.15. The second-order valence-corrected chi connectivity index (χ2v) is 11.7. The van der Waals surface area contributed by atoms with Crippen molar-refractivity contribution < 1.29 is 38.0 Å². The van der Waals surface area contributed by atoms with Crippen molar-refractivity contribution in [2.45, 2.75) is 142 Å². The van der Waals surface area contributed by atoms with Crippen LogP contribution in [0.1, 0.15) is 142 Å². The Bertz CT molecular complexity index is 534. The first-order valence-electron chi connectivity index (χ1n) is 18.4. The molecule has 0 rings (SSSR count). The van der Waals surface area contributed by atoms with Crippen LogP contribution in [-0.4, -0.2) is 91.9 Å². The zero-order valence-electron chi connectivity index (χ0n) is 29.1. The molecule has 44 heavy (non-hydrogen) atoms. The third kappa shape index (κ3) is 39.3. The molecule has 0 heterocycles. The average molecular weight is 633 g/mol. The highest BCUT2D eigenvalue weighted by molar-refractivity contribution is 5.69.